The monoisotopic (exact) mass is 329 g/mol. The molecule has 0 aliphatic heterocycles. The highest BCUT2D eigenvalue weighted by molar-refractivity contribution is 9.10. The van der Waals surface area contributed by atoms with Crippen LogP contribution in [0.25, 0.3) is 5.69 Å². The summed E-state index contributed by atoms with van der Waals surface area (Å²) in [4.78, 5) is 0.330. The van der Waals surface area contributed by atoms with Crippen LogP contribution in [-0.4, -0.2) is 14.8 Å². The van der Waals surface area contributed by atoms with Gasteiger partial charge >= 0.3 is 0 Å². The molecule has 0 radical (unpaired) electrons. The van der Waals surface area contributed by atoms with Gasteiger partial charge in [-0.25, -0.2) is 4.68 Å². The topological polar surface area (TPSA) is 43.8 Å². The van der Waals surface area contributed by atoms with E-state index in [9.17, 15) is 0 Å². The van der Waals surface area contributed by atoms with Crippen LogP contribution in [0, 0.1) is 6.92 Å². The third-order valence-corrected chi connectivity index (χ3v) is 3.40. The first kappa shape index (κ1) is 12.5. The van der Waals surface area contributed by atoms with Crippen molar-refractivity contribution in [3.8, 4) is 5.69 Å². The molecule has 1 heterocycles. The van der Waals surface area contributed by atoms with Gasteiger partial charge in [-0.15, -0.1) is 0 Å². The third-order valence-electron chi connectivity index (χ3n) is 2.31. The maximum Gasteiger partial charge on any atom is 0.106 e. The van der Waals surface area contributed by atoms with E-state index >= 15 is 0 Å². The number of nitrogens with zero attached hydrogens (tertiary/aromatic N) is 2. The number of aryl methyl sites for hydroxylation is 1. The zero-order valence-corrected chi connectivity index (χ0v) is 12.1. The van der Waals surface area contributed by atoms with Crippen molar-refractivity contribution >= 4 is 44.7 Å². The van der Waals surface area contributed by atoms with Gasteiger partial charge in [0, 0.05) is 16.2 Å². The Balaban J connectivity index is 2.64. The standard InChI is InChI=1S/C11H9BrClN3S/c1-6-9(13)5-16(15-6)10-4-7(12)2-3-8(10)11(14)17/h2-5H,1H3,(H2,14,17). The molecule has 1 aromatic carbocycles. The predicted octanol–water partition coefficient (Wildman–Crippen LogP) is 3.23. The third kappa shape index (κ3) is 2.51. The minimum atomic E-state index is 0.330. The first-order valence-electron chi connectivity index (χ1n) is 4.80. The van der Waals surface area contributed by atoms with E-state index in [1.807, 2.05) is 25.1 Å². The smallest absolute Gasteiger partial charge is 0.106 e. The van der Waals surface area contributed by atoms with Gasteiger partial charge in [-0.3, -0.25) is 0 Å². The number of benzene rings is 1. The predicted molar refractivity (Wildman–Crippen MR) is 76.9 cm³/mol. The number of nitrogens with two attached hydrogens (primary N) is 1. The second-order valence-corrected chi connectivity index (χ2v) is 5.30. The van der Waals surface area contributed by atoms with Gasteiger partial charge in [-0.2, -0.15) is 5.10 Å². The number of rotatable bonds is 2. The Bertz CT molecular complexity index is 575. The van der Waals surface area contributed by atoms with Gasteiger partial charge in [-0.05, 0) is 25.1 Å². The van der Waals surface area contributed by atoms with E-state index in [0.29, 0.717) is 10.0 Å². The molecule has 0 spiro atoms. The van der Waals surface area contributed by atoms with Crippen molar-refractivity contribution in [2.75, 3.05) is 0 Å². The molecular weight excluding hydrogens is 322 g/mol. The molecule has 2 aromatic rings. The minimum absolute atomic E-state index is 0.330. The van der Waals surface area contributed by atoms with E-state index in [2.05, 4.69) is 21.0 Å². The molecule has 2 N–H and O–H groups in total. The fourth-order valence-corrected chi connectivity index (χ4v) is 2.12. The van der Waals surface area contributed by atoms with Crippen molar-refractivity contribution in [2.24, 2.45) is 5.73 Å². The van der Waals surface area contributed by atoms with Crippen LogP contribution in [0.1, 0.15) is 11.3 Å². The highest BCUT2D eigenvalue weighted by Crippen LogP contribution is 2.22. The van der Waals surface area contributed by atoms with Gasteiger partial charge in [-0.1, -0.05) is 39.7 Å². The van der Waals surface area contributed by atoms with Crippen molar-refractivity contribution < 1.29 is 0 Å². The van der Waals surface area contributed by atoms with Gasteiger partial charge in [0.15, 0.2) is 0 Å². The van der Waals surface area contributed by atoms with Crippen LogP contribution in [0.15, 0.2) is 28.9 Å². The second kappa shape index (κ2) is 4.76. The second-order valence-electron chi connectivity index (χ2n) is 3.53. The zero-order chi connectivity index (χ0) is 12.6. The van der Waals surface area contributed by atoms with Gasteiger partial charge in [0.2, 0.25) is 0 Å². The summed E-state index contributed by atoms with van der Waals surface area (Å²) in [7, 11) is 0. The fourth-order valence-electron chi connectivity index (χ4n) is 1.47. The van der Waals surface area contributed by atoms with Crippen LogP contribution in [-0.2, 0) is 0 Å². The Morgan fingerprint density at radius 1 is 1.53 bits per heavy atom. The minimum Gasteiger partial charge on any atom is -0.389 e. The lowest BCUT2D eigenvalue weighted by Crippen LogP contribution is -2.13. The average molecular weight is 331 g/mol. The molecule has 17 heavy (non-hydrogen) atoms. The zero-order valence-electron chi connectivity index (χ0n) is 8.95. The van der Waals surface area contributed by atoms with Crippen molar-refractivity contribution in [3.05, 3.63) is 45.1 Å². The Morgan fingerprint density at radius 3 is 2.76 bits per heavy atom. The average Bonchev–Trinajstić information content (AvgIpc) is 2.58. The summed E-state index contributed by atoms with van der Waals surface area (Å²) in [6, 6.07) is 5.64. The number of thiocarbonyl (C=S) groups is 1. The summed E-state index contributed by atoms with van der Waals surface area (Å²) in [6.07, 6.45) is 1.74. The van der Waals surface area contributed by atoms with Gasteiger partial charge in [0.1, 0.15) is 4.99 Å². The molecule has 0 atom stereocenters. The van der Waals surface area contributed by atoms with Crippen LogP contribution in [0.2, 0.25) is 5.02 Å². The maximum atomic E-state index is 5.99. The van der Waals surface area contributed by atoms with Crippen LogP contribution >= 0.6 is 39.7 Å². The van der Waals surface area contributed by atoms with E-state index in [0.717, 1.165) is 21.4 Å². The maximum absolute atomic E-state index is 5.99. The number of hydrogen-bond donors (Lipinski definition) is 1. The van der Waals surface area contributed by atoms with Crippen LogP contribution in [0.5, 0.6) is 0 Å². The molecule has 0 aliphatic carbocycles. The molecule has 2 rings (SSSR count). The molecule has 6 heteroatoms. The van der Waals surface area contributed by atoms with Crippen molar-refractivity contribution in [1.82, 2.24) is 9.78 Å². The lowest BCUT2D eigenvalue weighted by molar-refractivity contribution is 0.860. The summed E-state index contributed by atoms with van der Waals surface area (Å²) in [5, 5.41) is 4.92. The lowest BCUT2D eigenvalue weighted by atomic mass is 10.2. The largest absolute Gasteiger partial charge is 0.389 e. The molecule has 1 aromatic heterocycles. The molecule has 0 unspecified atom stereocenters. The van der Waals surface area contributed by atoms with Crippen LogP contribution in [0.4, 0.5) is 0 Å². The van der Waals surface area contributed by atoms with Crippen molar-refractivity contribution in [3.63, 3.8) is 0 Å². The highest BCUT2D eigenvalue weighted by Gasteiger charge is 2.10. The van der Waals surface area contributed by atoms with Gasteiger partial charge < -0.3 is 5.73 Å². The normalized spacial score (nSPS) is 10.5. The molecule has 0 amide bonds. The SMILES string of the molecule is Cc1nn(-c2cc(Br)ccc2C(N)=S)cc1Cl. The fraction of sp³-hybridized carbons (Fsp3) is 0.0909. The van der Waals surface area contributed by atoms with Gasteiger partial charge in [0.25, 0.3) is 0 Å². The lowest BCUT2D eigenvalue weighted by Gasteiger charge is -2.08. The number of hydrogen-bond acceptors (Lipinski definition) is 2. The summed E-state index contributed by atoms with van der Waals surface area (Å²) >= 11 is 14.4. The summed E-state index contributed by atoms with van der Waals surface area (Å²) in [5.41, 5.74) is 8.03. The molecule has 0 aliphatic rings. The first-order valence-corrected chi connectivity index (χ1v) is 6.38. The molecule has 0 bridgehead atoms. The van der Waals surface area contributed by atoms with E-state index in [4.69, 9.17) is 29.6 Å². The van der Waals surface area contributed by atoms with E-state index in [1.165, 1.54) is 0 Å². The van der Waals surface area contributed by atoms with E-state index in [1.54, 1.807) is 10.9 Å². The number of aromatic nitrogens is 2. The molecule has 3 nitrogen and oxygen atoms in total. The van der Waals surface area contributed by atoms with Crippen molar-refractivity contribution in [1.29, 1.82) is 0 Å². The van der Waals surface area contributed by atoms with E-state index in [-0.39, 0.29) is 0 Å². The molecule has 88 valence electrons. The highest BCUT2D eigenvalue weighted by atomic mass is 79.9. The Morgan fingerprint density at radius 2 is 2.24 bits per heavy atom. The van der Waals surface area contributed by atoms with E-state index < -0.39 is 0 Å². The molecular formula is C11H9BrClN3S. The van der Waals surface area contributed by atoms with Crippen LogP contribution in [0.3, 0.4) is 0 Å². The number of halogens is 2. The van der Waals surface area contributed by atoms with Crippen LogP contribution < -0.4 is 5.73 Å². The molecule has 0 saturated carbocycles. The summed E-state index contributed by atoms with van der Waals surface area (Å²) < 4.78 is 2.61. The summed E-state index contributed by atoms with van der Waals surface area (Å²) in [6.45, 7) is 1.84. The molecule has 0 saturated heterocycles. The Labute approximate surface area is 118 Å². The Kier molecular flexibility index (Phi) is 3.51. The van der Waals surface area contributed by atoms with Crippen molar-refractivity contribution in [2.45, 2.75) is 6.92 Å². The quantitative estimate of drug-likeness (QED) is 0.860. The Hall–Kier alpha value is -0.910. The summed E-state index contributed by atoms with van der Waals surface area (Å²) in [5.74, 6) is 0. The molecule has 0 fully saturated rings. The first-order chi connectivity index (χ1) is 7.99. The van der Waals surface area contributed by atoms with Gasteiger partial charge in [0.05, 0.1) is 16.4 Å².